The summed E-state index contributed by atoms with van der Waals surface area (Å²) >= 11 is 0. The standard InChI is InChI=1S/C15H21NO4/c1-8(17)7-16-9(2)10-11(18)14(3,4)13(20)15(5,6)12(10)19/h17-18H,1,7H2,2-6H3. The van der Waals surface area contributed by atoms with E-state index in [4.69, 9.17) is 5.11 Å². The average Bonchev–Trinajstić information content (AvgIpc) is 2.33. The zero-order valence-corrected chi connectivity index (χ0v) is 12.6. The van der Waals surface area contributed by atoms with Crippen molar-refractivity contribution in [3.63, 3.8) is 0 Å². The maximum Gasteiger partial charge on any atom is 0.181 e. The van der Waals surface area contributed by atoms with Crippen LogP contribution in [0.25, 0.3) is 0 Å². The van der Waals surface area contributed by atoms with Crippen LogP contribution in [0.15, 0.2) is 28.7 Å². The Morgan fingerprint density at radius 1 is 1.20 bits per heavy atom. The molecule has 5 nitrogen and oxygen atoms in total. The first kappa shape index (κ1) is 16.1. The summed E-state index contributed by atoms with van der Waals surface area (Å²) in [6.07, 6.45) is 0. The lowest BCUT2D eigenvalue weighted by Gasteiger charge is -2.38. The van der Waals surface area contributed by atoms with Gasteiger partial charge >= 0.3 is 0 Å². The van der Waals surface area contributed by atoms with Gasteiger partial charge < -0.3 is 10.2 Å². The second kappa shape index (κ2) is 4.89. The third-order valence-electron chi connectivity index (χ3n) is 3.62. The van der Waals surface area contributed by atoms with Crippen molar-refractivity contribution < 1.29 is 19.8 Å². The summed E-state index contributed by atoms with van der Waals surface area (Å²) in [5.41, 5.74) is -2.00. The van der Waals surface area contributed by atoms with E-state index in [1.54, 1.807) is 34.6 Å². The van der Waals surface area contributed by atoms with E-state index in [1.807, 2.05) is 0 Å². The van der Waals surface area contributed by atoms with E-state index >= 15 is 0 Å². The van der Waals surface area contributed by atoms with Gasteiger partial charge in [-0.05, 0) is 34.6 Å². The van der Waals surface area contributed by atoms with Crippen LogP contribution in [-0.4, -0.2) is 34.0 Å². The van der Waals surface area contributed by atoms with Gasteiger partial charge in [0.1, 0.15) is 11.5 Å². The SMILES string of the molecule is C=C(O)CN=C(C)C1=C(O)C(C)(C)C(=O)C(C)(C)C1=O. The molecule has 0 saturated heterocycles. The van der Waals surface area contributed by atoms with Crippen LogP contribution in [0, 0.1) is 10.8 Å². The molecular weight excluding hydrogens is 258 g/mol. The molecule has 0 amide bonds. The Balaban J connectivity index is 3.46. The lowest BCUT2D eigenvalue weighted by Crippen LogP contribution is -2.49. The molecule has 110 valence electrons. The number of allylic oxidation sites excluding steroid dienone is 2. The molecule has 0 heterocycles. The Bertz CT molecular complexity index is 550. The van der Waals surface area contributed by atoms with Crippen molar-refractivity contribution in [3.05, 3.63) is 23.7 Å². The quantitative estimate of drug-likeness (QED) is 0.472. The van der Waals surface area contributed by atoms with Crippen molar-refractivity contribution in [3.8, 4) is 0 Å². The number of hydrogen-bond donors (Lipinski definition) is 2. The number of carbonyl (C=O) groups excluding carboxylic acids is 2. The maximum absolute atomic E-state index is 12.4. The van der Waals surface area contributed by atoms with Crippen LogP contribution in [0.1, 0.15) is 34.6 Å². The largest absolute Gasteiger partial charge is 0.511 e. The Hall–Kier alpha value is -1.91. The van der Waals surface area contributed by atoms with Crippen molar-refractivity contribution in [2.75, 3.05) is 6.54 Å². The number of nitrogens with zero attached hydrogens (tertiary/aromatic N) is 1. The molecule has 1 aliphatic carbocycles. The Morgan fingerprint density at radius 3 is 2.15 bits per heavy atom. The fourth-order valence-corrected chi connectivity index (χ4v) is 2.35. The first-order valence-corrected chi connectivity index (χ1v) is 6.35. The molecule has 0 bridgehead atoms. The highest BCUT2D eigenvalue weighted by Crippen LogP contribution is 2.43. The molecule has 0 saturated carbocycles. The van der Waals surface area contributed by atoms with E-state index in [0.717, 1.165) is 0 Å². The Morgan fingerprint density at radius 2 is 1.70 bits per heavy atom. The topological polar surface area (TPSA) is 87.0 Å². The van der Waals surface area contributed by atoms with E-state index in [1.165, 1.54) is 0 Å². The third-order valence-corrected chi connectivity index (χ3v) is 3.62. The zero-order valence-electron chi connectivity index (χ0n) is 12.6. The van der Waals surface area contributed by atoms with Crippen LogP contribution in [0.5, 0.6) is 0 Å². The summed E-state index contributed by atoms with van der Waals surface area (Å²) in [6, 6.07) is 0. The number of ketones is 2. The molecule has 1 rings (SSSR count). The second-order valence-electron chi connectivity index (χ2n) is 6.10. The van der Waals surface area contributed by atoms with Crippen LogP contribution in [0.4, 0.5) is 0 Å². The van der Waals surface area contributed by atoms with Gasteiger partial charge in [-0.2, -0.15) is 0 Å². The lowest BCUT2D eigenvalue weighted by atomic mass is 9.63. The number of carbonyl (C=O) groups is 2. The summed E-state index contributed by atoms with van der Waals surface area (Å²) in [6.45, 7) is 11.1. The van der Waals surface area contributed by atoms with Crippen LogP contribution in [-0.2, 0) is 9.59 Å². The molecule has 0 aromatic carbocycles. The van der Waals surface area contributed by atoms with Crippen molar-refractivity contribution in [2.24, 2.45) is 15.8 Å². The van der Waals surface area contributed by atoms with Crippen molar-refractivity contribution >= 4 is 17.3 Å². The second-order valence-corrected chi connectivity index (χ2v) is 6.10. The van der Waals surface area contributed by atoms with Crippen molar-refractivity contribution in [1.82, 2.24) is 0 Å². The minimum Gasteiger partial charge on any atom is -0.511 e. The number of aliphatic hydroxyl groups excluding tert-OH is 2. The van der Waals surface area contributed by atoms with Gasteiger partial charge in [-0.3, -0.25) is 14.6 Å². The molecule has 0 atom stereocenters. The van der Waals surface area contributed by atoms with E-state index in [9.17, 15) is 14.7 Å². The molecule has 0 fully saturated rings. The maximum atomic E-state index is 12.4. The van der Waals surface area contributed by atoms with Gasteiger partial charge in [0.15, 0.2) is 11.6 Å². The molecule has 20 heavy (non-hydrogen) atoms. The molecule has 5 heteroatoms. The summed E-state index contributed by atoms with van der Waals surface area (Å²) in [5.74, 6) is -1.18. The van der Waals surface area contributed by atoms with Crippen LogP contribution in [0.3, 0.4) is 0 Å². The van der Waals surface area contributed by atoms with Gasteiger partial charge in [0.05, 0.1) is 22.9 Å². The molecule has 2 N–H and O–H groups in total. The third kappa shape index (κ3) is 2.40. The zero-order chi connectivity index (χ0) is 15.9. The molecule has 0 aliphatic heterocycles. The van der Waals surface area contributed by atoms with Crippen LogP contribution >= 0.6 is 0 Å². The fraction of sp³-hybridized carbons (Fsp3) is 0.533. The highest BCUT2D eigenvalue weighted by atomic mass is 16.3. The Labute approximate surface area is 118 Å². The van der Waals surface area contributed by atoms with Crippen molar-refractivity contribution in [1.29, 1.82) is 0 Å². The molecular formula is C15H21NO4. The first-order valence-electron chi connectivity index (χ1n) is 6.35. The predicted molar refractivity (Wildman–Crippen MR) is 77.0 cm³/mol. The summed E-state index contributed by atoms with van der Waals surface area (Å²) in [4.78, 5) is 28.8. The highest BCUT2D eigenvalue weighted by Gasteiger charge is 2.53. The Kier molecular flexibility index (Phi) is 3.94. The number of Topliss-reactive ketones (excluding diaryl/α,β-unsaturated/α-hetero) is 2. The minimum atomic E-state index is -1.21. The highest BCUT2D eigenvalue weighted by molar-refractivity contribution is 6.31. The van der Waals surface area contributed by atoms with Gasteiger partial charge in [-0.25, -0.2) is 0 Å². The summed E-state index contributed by atoms with van der Waals surface area (Å²) in [5, 5.41) is 19.3. The molecule has 0 aromatic heterocycles. The number of aliphatic imine (C=N–C) groups is 1. The smallest absolute Gasteiger partial charge is 0.181 e. The predicted octanol–water partition coefficient (Wildman–Crippen LogP) is 2.54. The van der Waals surface area contributed by atoms with Crippen LogP contribution in [0.2, 0.25) is 0 Å². The van der Waals surface area contributed by atoms with Gasteiger partial charge in [0.2, 0.25) is 0 Å². The monoisotopic (exact) mass is 279 g/mol. The van der Waals surface area contributed by atoms with E-state index in [-0.39, 0.29) is 35.1 Å². The summed E-state index contributed by atoms with van der Waals surface area (Å²) < 4.78 is 0. The minimum absolute atomic E-state index is 0.0509. The molecule has 0 aromatic rings. The number of aliphatic hydroxyl groups is 2. The molecule has 1 aliphatic rings. The molecule has 0 radical (unpaired) electrons. The van der Waals surface area contributed by atoms with Crippen molar-refractivity contribution in [2.45, 2.75) is 34.6 Å². The number of hydrogen-bond acceptors (Lipinski definition) is 5. The first-order chi connectivity index (χ1) is 8.94. The van der Waals surface area contributed by atoms with Gasteiger partial charge in [-0.15, -0.1) is 0 Å². The van der Waals surface area contributed by atoms with E-state index in [2.05, 4.69) is 11.6 Å². The van der Waals surface area contributed by atoms with Gasteiger partial charge in [0.25, 0.3) is 0 Å². The molecule has 0 spiro atoms. The lowest BCUT2D eigenvalue weighted by molar-refractivity contribution is -0.144. The average molecular weight is 279 g/mol. The molecule has 0 unspecified atom stereocenters. The summed E-state index contributed by atoms with van der Waals surface area (Å²) in [7, 11) is 0. The van der Waals surface area contributed by atoms with Gasteiger partial charge in [-0.1, -0.05) is 6.58 Å². The van der Waals surface area contributed by atoms with Crippen LogP contribution < -0.4 is 0 Å². The number of rotatable bonds is 3. The fourth-order valence-electron chi connectivity index (χ4n) is 2.35. The van der Waals surface area contributed by atoms with E-state index < -0.39 is 16.6 Å². The van der Waals surface area contributed by atoms with E-state index in [0.29, 0.717) is 0 Å². The van der Waals surface area contributed by atoms with Gasteiger partial charge in [0, 0.05) is 5.71 Å². The normalized spacial score (nSPS) is 22.1.